The molecule has 160 valence electrons. The number of anilines is 1. The summed E-state index contributed by atoms with van der Waals surface area (Å²) in [5, 5.41) is 5.65. The molecule has 8 nitrogen and oxygen atoms in total. The van der Waals surface area contributed by atoms with Gasteiger partial charge in [0.1, 0.15) is 6.04 Å². The number of rotatable bonds is 4. The minimum absolute atomic E-state index is 0.116. The highest BCUT2D eigenvalue weighted by Crippen LogP contribution is 2.32. The summed E-state index contributed by atoms with van der Waals surface area (Å²) in [6, 6.07) is 5.04. The summed E-state index contributed by atoms with van der Waals surface area (Å²) in [6.45, 7) is 0. The van der Waals surface area contributed by atoms with Gasteiger partial charge in [-0.1, -0.05) is 19.3 Å². The molecule has 1 aromatic rings. The Balaban J connectivity index is 1.60. The van der Waals surface area contributed by atoms with E-state index in [1.807, 2.05) is 20.2 Å². The number of hydrogen-bond acceptors (Lipinski definition) is 6. The zero-order valence-electron chi connectivity index (χ0n) is 17.4. The maximum absolute atomic E-state index is 13.1. The summed E-state index contributed by atoms with van der Waals surface area (Å²) >= 11 is 0. The fraction of sp³-hybridized carbons (Fsp3) is 0.545. The average molecular weight is 412 g/mol. The van der Waals surface area contributed by atoms with E-state index in [4.69, 9.17) is 0 Å². The molecule has 0 aromatic heterocycles. The van der Waals surface area contributed by atoms with Gasteiger partial charge in [0.05, 0.1) is 11.1 Å². The number of nitrogens with one attached hydrogen (secondary N) is 2. The number of amides is 4. The molecule has 0 radical (unpaired) electrons. The number of carbonyl (C=O) groups excluding carboxylic acids is 4. The van der Waals surface area contributed by atoms with Crippen LogP contribution in [0.4, 0.5) is 5.69 Å². The molecule has 1 aliphatic carbocycles. The second kappa shape index (κ2) is 8.18. The van der Waals surface area contributed by atoms with Crippen LogP contribution in [-0.2, 0) is 9.59 Å². The van der Waals surface area contributed by atoms with Gasteiger partial charge in [-0.2, -0.15) is 0 Å². The molecule has 0 spiro atoms. The Hall–Kier alpha value is -2.74. The van der Waals surface area contributed by atoms with Crippen molar-refractivity contribution in [3.05, 3.63) is 29.3 Å². The summed E-state index contributed by atoms with van der Waals surface area (Å²) in [4.78, 5) is 52.8. The third-order valence-electron chi connectivity index (χ3n) is 6.68. The van der Waals surface area contributed by atoms with Crippen LogP contribution in [0.1, 0.15) is 65.7 Å². The van der Waals surface area contributed by atoms with Crippen molar-refractivity contribution < 1.29 is 19.2 Å². The zero-order chi connectivity index (χ0) is 21.4. The Kier molecular flexibility index (Phi) is 5.60. The van der Waals surface area contributed by atoms with Crippen LogP contribution in [0.25, 0.3) is 0 Å². The lowest BCUT2D eigenvalue weighted by Crippen LogP contribution is -2.54. The number of likely N-dealkylation sites (N-methyl/N-ethyl adjacent to an activating group) is 2. The Morgan fingerprint density at radius 2 is 1.73 bits per heavy atom. The van der Waals surface area contributed by atoms with Gasteiger partial charge in [-0.3, -0.25) is 29.4 Å². The number of hydrogen-bond donors (Lipinski definition) is 2. The van der Waals surface area contributed by atoms with E-state index in [9.17, 15) is 19.2 Å². The summed E-state index contributed by atoms with van der Waals surface area (Å²) in [5.41, 5.74) is 1.52. The van der Waals surface area contributed by atoms with Crippen molar-refractivity contribution in [3.8, 4) is 0 Å². The van der Waals surface area contributed by atoms with Crippen molar-refractivity contribution in [3.63, 3.8) is 0 Å². The fourth-order valence-electron chi connectivity index (χ4n) is 4.96. The van der Waals surface area contributed by atoms with E-state index in [-0.39, 0.29) is 18.7 Å². The average Bonchev–Trinajstić information content (AvgIpc) is 2.90. The largest absolute Gasteiger partial charge is 0.370 e. The van der Waals surface area contributed by atoms with Crippen LogP contribution in [0.2, 0.25) is 0 Å². The van der Waals surface area contributed by atoms with Gasteiger partial charge in [-0.05, 0) is 44.5 Å². The first-order valence-electron chi connectivity index (χ1n) is 10.7. The van der Waals surface area contributed by atoms with Gasteiger partial charge in [-0.25, -0.2) is 0 Å². The minimum atomic E-state index is -0.938. The molecule has 3 atom stereocenters. The van der Waals surface area contributed by atoms with Gasteiger partial charge >= 0.3 is 0 Å². The molecule has 4 amide bonds. The lowest BCUT2D eigenvalue weighted by atomic mass is 10.00. The monoisotopic (exact) mass is 412 g/mol. The molecule has 2 aliphatic heterocycles. The Labute approximate surface area is 176 Å². The molecule has 1 aromatic carbocycles. The Morgan fingerprint density at radius 1 is 1.00 bits per heavy atom. The first kappa shape index (κ1) is 20.5. The molecule has 1 unspecified atom stereocenters. The smallest absolute Gasteiger partial charge is 0.262 e. The fourth-order valence-corrected chi connectivity index (χ4v) is 4.96. The molecular weight excluding hydrogens is 384 g/mol. The maximum Gasteiger partial charge on any atom is 0.262 e. The number of piperidine rings is 1. The van der Waals surface area contributed by atoms with Crippen LogP contribution in [0.3, 0.4) is 0 Å². The lowest BCUT2D eigenvalue weighted by Gasteiger charge is -2.35. The second-order valence-corrected chi connectivity index (χ2v) is 8.39. The normalized spacial score (nSPS) is 27.0. The standard InChI is InChI=1S/C22H28N4O4/c1-23-16-6-4-3-5-7-17(16)25(2)13-8-9-14-15(12-13)22(30)26(21(14)29)18-10-11-19(27)24-20(18)28/h8-9,12,16-18,23H,3-7,10-11H2,1-2H3,(H,24,27,28)/t16-,17+,18?/m0/s1. The molecule has 30 heavy (non-hydrogen) atoms. The molecule has 2 heterocycles. The second-order valence-electron chi connectivity index (χ2n) is 8.39. The third-order valence-corrected chi connectivity index (χ3v) is 6.68. The van der Waals surface area contributed by atoms with Crippen molar-refractivity contribution in [2.45, 2.75) is 63.1 Å². The van der Waals surface area contributed by atoms with E-state index in [1.54, 1.807) is 12.1 Å². The molecule has 0 bridgehead atoms. The molecule has 1 saturated carbocycles. The van der Waals surface area contributed by atoms with Crippen molar-refractivity contribution in [2.75, 3.05) is 19.0 Å². The van der Waals surface area contributed by atoms with Crippen molar-refractivity contribution >= 4 is 29.3 Å². The lowest BCUT2D eigenvalue weighted by molar-refractivity contribution is -0.136. The first-order chi connectivity index (χ1) is 14.4. The van der Waals surface area contributed by atoms with Gasteiger partial charge in [0.2, 0.25) is 11.8 Å². The van der Waals surface area contributed by atoms with Crippen LogP contribution in [-0.4, -0.2) is 60.7 Å². The van der Waals surface area contributed by atoms with Crippen molar-refractivity contribution in [2.24, 2.45) is 0 Å². The van der Waals surface area contributed by atoms with Crippen LogP contribution in [0.5, 0.6) is 0 Å². The predicted octanol–water partition coefficient (Wildman–Crippen LogP) is 1.44. The molecule has 3 aliphatic rings. The molecular formula is C22H28N4O4. The summed E-state index contributed by atoms with van der Waals surface area (Å²) < 4.78 is 0. The van der Waals surface area contributed by atoms with Crippen molar-refractivity contribution in [1.82, 2.24) is 15.5 Å². The number of benzene rings is 1. The highest BCUT2D eigenvalue weighted by atomic mass is 16.2. The van der Waals surface area contributed by atoms with Crippen molar-refractivity contribution in [1.29, 1.82) is 0 Å². The summed E-state index contributed by atoms with van der Waals surface area (Å²) in [6.07, 6.45) is 6.04. The number of fused-ring (bicyclic) bond motifs is 1. The highest BCUT2D eigenvalue weighted by Gasteiger charge is 2.44. The summed E-state index contributed by atoms with van der Waals surface area (Å²) in [7, 11) is 4.01. The molecule has 4 rings (SSSR count). The van der Waals surface area contributed by atoms with E-state index in [0.29, 0.717) is 23.2 Å². The maximum atomic E-state index is 13.1. The predicted molar refractivity (Wildman–Crippen MR) is 111 cm³/mol. The van der Waals surface area contributed by atoms with Gasteiger partial charge < -0.3 is 10.2 Å². The number of nitrogens with zero attached hydrogens (tertiary/aromatic N) is 2. The van der Waals surface area contributed by atoms with Crippen LogP contribution in [0, 0.1) is 0 Å². The van der Waals surface area contributed by atoms with E-state index in [0.717, 1.165) is 23.4 Å². The van der Waals surface area contributed by atoms with Gasteiger partial charge in [0.25, 0.3) is 11.8 Å². The summed E-state index contributed by atoms with van der Waals surface area (Å²) in [5.74, 6) is -1.90. The van der Waals surface area contributed by atoms with Gasteiger partial charge in [0.15, 0.2) is 0 Å². The van der Waals surface area contributed by atoms with E-state index in [2.05, 4.69) is 15.5 Å². The molecule has 2 N–H and O–H groups in total. The first-order valence-corrected chi connectivity index (χ1v) is 10.7. The Morgan fingerprint density at radius 3 is 2.47 bits per heavy atom. The van der Waals surface area contributed by atoms with Crippen LogP contribution in [0.15, 0.2) is 18.2 Å². The topological polar surface area (TPSA) is 98.8 Å². The van der Waals surface area contributed by atoms with E-state index < -0.39 is 23.8 Å². The Bertz CT molecular complexity index is 899. The van der Waals surface area contributed by atoms with Crippen LogP contribution >= 0.6 is 0 Å². The van der Waals surface area contributed by atoms with E-state index in [1.165, 1.54) is 19.3 Å². The quantitative estimate of drug-likeness (QED) is 0.574. The zero-order valence-corrected chi connectivity index (χ0v) is 17.4. The van der Waals surface area contributed by atoms with Gasteiger partial charge in [0, 0.05) is 31.2 Å². The van der Waals surface area contributed by atoms with E-state index >= 15 is 0 Å². The minimum Gasteiger partial charge on any atom is -0.370 e. The SMILES string of the molecule is CN[C@H]1CCCCC[C@H]1N(C)c1ccc2c(c1)C(=O)N(C1CCC(=O)NC1=O)C2=O. The van der Waals surface area contributed by atoms with Crippen LogP contribution < -0.4 is 15.5 Å². The highest BCUT2D eigenvalue weighted by molar-refractivity contribution is 6.23. The van der Waals surface area contributed by atoms with Gasteiger partial charge in [-0.15, -0.1) is 0 Å². The number of carbonyl (C=O) groups is 4. The molecule has 8 heteroatoms. The third kappa shape index (κ3) is 3.49. The molecule has 2 fully saturated rings. The number of imide groups is 2. The molecule has 1 saturated heterocycles.